The maximum absolute atomic E-state index is 6.04. The van der Waals surface area contributed by atoms with Crippen molar-refractivity contribution in [3.63, 3.8) is 0 Å². The predicted molar refractivity (Wildman–Crippen MR) is 126 cm³/mol. The van der Waals surface area contributed by atoms with E-state index in [1.54, 1.807) is 0 Å². The van der Waals surface area contributed by atoms with Gasteiger partial charge in [0.05, 0.1) is 11.4 Å². The van der Waals surface area contributed by atoms with Gasteiger partial charge in [-0.05, 0) is 24.3 Å². The molecule has 0 amide bonds. The van der Waals surface area contributed by atoms with Crippen molar-refractivity contribution in [1.29, 1.82) is 0 Å². The number of aromatic nitrogens is 2. The fourth-order valence-electron chi connectivity index (χ4n) is 3.45. The molecule has 2 heterocycles. The van der Waals surface area contributed by atoms with Crippen LogP contribution in [0.25, 0.3) is 44.5 Å². The minimum absolute atomic E-state index is 0.792. The summed E-state index contributed by atoms with van der Waals surface area (Å²) in [5.41, 5.74) is 5.79. The second-order valence-corrected chi connectivity index (χ2v) is 7.29. The van der Waals surface area contributed by atoms with Crippen molar-refractivity contribution in [2.75, 3.05) is 0 Å². The van der Waals surface area contributed by atoms with Crippen molar-refractivity contribution < 1.29 is 4.42 Å². The molecule has 5 aromatic rings. The highest BCUT2D eigenvalue weighted by molar-refractivity contribution is 6.05. The summed E-state index contributed by atoms with van der Waals surface area (Å²) in [5.74, 6) is 0.844. The molecule has 30 heavy (non-hydrogen) atoms. The number of para-hydroxylation sites is 1. The van der Waals surface area contributed by atoms with E-state index in [-0.39, 0.29) is 0 Å². The highest BCUT2D eigenvalue weighted by Gasteiger charge is 2.11. The van der Waals surface area contributed by atoms with E-state index in [4.69, 9.17) is 14.4 Å². The molecule has 0 N–H and O–H groups in total. The Morgan fingerprint density at radius 1 is 0.633 bits per heavy atom. The third-order valence-electron chi connectivity index (χ3n) is 4.83. The van der Waals surface area contributed by atoms with Gasteiger partial charge in [0.15, 0.2) is 0 Å². The van der Waals surface area contributed by atoms with E-state index >= 15 is 0 Å². The van der Waals surface area contributed by atoms with Crippen molar-refractivity contribution in [3.05, 3.63) is 84.7 Å². The number of furan rings is 1. The first kappa shape index (κ1) is 19.8. The molecule has 0 aliphatic carbocycles. The van der Waals surface area contributed by atoms with Gasteiger partial charge in [0.2, 0.25) is 0 Å². The Bertz CT molecular complexity index is 1270. The van der Waals surface area contributed by atoms with Crippen LogP contribution in [0.3, 0.4) is 0 Å². The lowest BCUT2D eigenvalue weighted by molar-refractivity contribution is 0.669. The Morgan fingerprint density at radius 3 is 2.00 bits per heavy atom. The minimum Gasteiger partial charge on any atom is -0.456 e. The Hall–Kier alpha value is -3.46. The molecule has 150 valence electrons. The van der Waals surface area contributed by atoms with E-state index in [1.165, 1.54) is 6.42 Å². The molecule has 0 fully saturated rings. The molecule has 0 saturated carbocycles. The van der Waals surface area contributed by atoms with E-state index in [0.29, 0.717) is 0 Å². The van der Waals surface area contributed by atoms with Crippen molar-refractivity contribution in [1.82, 2.24) is 9.97 Å². The summed E-state index contributed by atoms with van der Waals surface area (Å²) in [6.45, 7) is 6.33. The topological polar surface area (TPSA) is 38.9 Å². The van der Waals surface area contributed by atoms with Gasteiger partial charge < -0.3 is 4.42 Å². The Labute approximate surface area is 177 Å². The van der Waals surface area contributed by atoms with Crippen LogP contribution in [0, 0.1) is 0 Å². The summed E-state index contributed by atoms with van der Waals surface area (Å²) in [6, 6.07) is 26.7. The summed E-state index contributed by atoms with van der Waals surface area (Å²) in [5, 5.41) is 2.27. The zero-order chi connectivity index (χ0) is 20.9. The number of nitrogens with zero attached hydrogens (tertiary/aromatic N) is 2. The standard InChI is InChI=1S/C24H18N2O.C3H8/c1-2-24-25-20(16-8-4-3-5-9-16)15-21(26-24)17-12-13-19-18-10-6-7-11-22(18)27-23(19)14-17;1-3-2/h3-15H,2H2,1H3;3H2,1-2H3. The molecule has 0 atom stereocenters. The highest BCUT2D eigenvalue weighted by Crippen LogP contribution is 2.32. The van der Waals surface area contributed by atoms with Crippen molar-refractivity contribution in [2.45, 2.75) is 33.6 Å². The molecular formula is C27H26N2O. The van der Waals surface area contributed by atoms with Crippen LogP contribution < -0.4 is 0 Å². The molecule has 3 heteroatoms. The molecule has 0 aliphatic rings. The van der Waals surface area contributed by atoms with E-state index in [9.17, 15) is 0 Å². The quantitative estimate of drug-likeness (QED) is 0.315. The van der Waals surface area contributed by atoms with Gasteiger partial charge >= 0.3 is 0 Å². The second kappa shape index (κ2) is 8.91. The average molecular weight is 395 g/mol. The molecule has 0 radical (unpaired) electrons. The molecule has 2 aromatic heterocycles. The van der Waals surface area contributed by atoms with Gasteiger partial charge in [-0.15, -0.1) is 0 Å². The number of hydrogen-bond acceptors (Lipinski definition) is 3. The van der Waals surface area contributed by atoms with Crippen LogP contribution in [0.15, 0.2) is 83.3 Å². The smallest absolute Gasteiger partial charge is 0.136 e. The molecule has 0 bridgehead atoms. The van der Waals surface area contributed by atoms with Crippen molar-refractivity contribution in [3.8, 4) is 22.5 Å². The van der Waals surface area contributed by atoms with Crippen LogP contribution in [-0.2, 0) is 6.42 Å². The first-order valence-electron chi connectivity index (χ1n) is 10.6. The van der Waals surface area contributed by atoms with Crippen LogP contribution in [0.5, 0.6) is 0 Å². The largest absolute Gasteiger partial charge is 0.456 e. The average Bonchev–Trinajstić information content (AvgIpc) is 3.17. The van der Waals surface area contributed by atoms with E-state index in [2.05, 4.69) is 63.2 Å². The van der Waals surface area contributed by atoms with Gasteiger partial charge in [-0.1, -0.05) is 81.8 Å². The predicted octanol–water partition coefficient (Wildman–Crippen LogP) is 7.69. The first-order chi connectivity index (χ1) is 14.7. The molecule has 3 nitrogen and oxygen atoms in total. The number of fused-ring (bicyclic) bond motifs is 3. The van der Waals surface area contributed by atoms with Crippen LogP contribution in [0.4, 0.5) is 0 Å². The van der Waals surface area contributed by atoms with Gasteiger partial charge in [0.25, 0.3) is 0 Å². The molecule has 0 spiro atoms. The Morgan fingerprint density at radius 2 is 1.27 bits per heavy atom. The van der Waals surface area contributed by atoms with Gasteiger partial charge in [-0.25, -0.2) is 9.97 Å². The third-order valence-corrected chi connectivity index (χ3v) is 4.83. The molecule has 5 rings (SSSR count). The Balaban J connectivity index is 0.000000687. The monoisotopic (exact) mass is 394 g/mol. The summed E-state index contributed by atoms with van der Waals surface area (Å²) in [7, 11) is 0. The molecular weight excluding hydrogens is 368 g/mol. The molecule has 0 aliphatic heterocycles. The maximum atomic E-state index is 6.04. The molecule has 0 saturated heterocycles. The molecule has 3 aromatic carbocycles. The number of benzene rings is 3. The van der Waals surface area contributed by atoms with Crippen molar-refractivity contribution >= 4 is 21.9 Å². The van der Waals surface area contributed by atoms with Crippen LogP contribution >= 0.6 is 0 Å². The fourth-order valence-corrected chi connectivity index (χ4v) is 3.45. The lowest BCUT2D eigenvalue weighted by Crippen LogP contribution is -1.97. The summed E-state index contributed by atoms with van der Waals surface area (Å²) in [4.78, 5) is 9.47. The van der Waals surface area contributed by atoms with Gasteiger partial charge in [0.1, 0.15) is 17.0 Å². The lowest BCUT2D eigenvalue weighted by atomic mass is 10.1. The van der Waals surface area contributed by atoms with Gasteiger partial charge in [0, 0.05) is 28.3 Å². The normalized spacial score (nSPS) is 10.8. The third kappa shape index (κ3) is 3.97. The van der Waals surface area contributed by atoms with Gasteiger partial charge in [-0.2, -0.15) is 0 Å². The summed E-state index contributed by atoms with van der Waals surface area (Å²) >= 11 is 0. The van der Waals surface area contributed by atoms with Crippen LogP contribution in [0.1, 0.15) is 33.0 Å². The minimum atomic E-state index is 0.792. The zero-order valence-corrected chi connectivity index (χ0v) is 17.7. The summed E-state index contributed by atoms with van der Waals surface area (Å²) in [6.07, 6.45) is 2.04. The van der Waals surface area contributed by atoms with E-state index < -0.39 is 0 Å². The summed E-state index contributed by atoms with van der Waals surface area (Å²) < 4.78 is 6.04. The van der Waals surface area contributed by atoms with Crippen molar-refractivity contribution in [2.24, 2.45) is 0 Å². The maximum Gasteiger partial charge on any atom is 0.136 e. The first-order valence-corrected chi connectivity index (χ1v) is 10.6. The van der Waals surface area contributed by atoms with Gasteiger partial charge in [-0.3, -0.25) is 0 Å². The number of hydrogen-bond donors (Lipinski definition) is 0. The van der Waals surface area contributed by atoms with Crippen LogP contribution in [0.2, 0.25) is 0 Å². The molecule has 0 unspecified atom stereocenters. The fraction of sp³-hybridized carbons (Fsp3) is 0.185. The lowest BCUT2D eigenvalue weighted by Gasteiger charge is -2.08. The number of aryl methyl sites for hydroxylation is 1. The SMILES string of the molecule is CCC.CCc1nc(-c2ccccc2)cc(-c2ccc3c(c2)oc2ccccc23)n1. The highest BCUT2D eigenvalue weighted by atomic mass is 16.3. The van der Waals surface area contributed by atoms with E-state index in [1.807, 2.05) is 36.4 Å². The van der Waals surface area contributed by atoms with E-state index in [0.717, 1.165) is 56.7 Å². The van der Waals surface area contributed by atoms with Crippen LogP contribution in [-0.4, -0.2) is 9.97 Å². The zero-order valence-electron chi connectivity index (χ0n) is 17.7. The second-order valence-electron chi connectivity index (χ2n) is 7.29. The Kier molecular flexibility index (Phi) is 5.89. The number of rotatable bonds is 3.